The number of hydrogen-bond acceptors (Lipinski definition) is 6. The second kappa shape index (κ2) is 10.9. The molecule has 0 spiro atoms. The van der Waals surface area contributed by atoms with Gasteiger partial charge in [0.25, 0.3) is 0 Å². The van der Waals surface area contributed by atoms with E-state index in [1.807, 2.05) is 12.1 Å². The molecule has 0 aliphatic heterocycles. The van der Waals surface area contributed by atoms with Crippen molar-refractivity contribution >= 4 is 24.1 Å². The van der Waals surface area contributed by atoms with Crippen molar-refractivity contribution in [2.45, 2.75) is 6.61 Å². The van der Waals surface area contributed by atoms with Gasteiger partial charge in [-0.25, -0.2) is 4.39 Å². The van der Waals surface area contributed by atoms with Gasteiger partial charge in [0.15, 0.2) is 5.84 Å². The van der Waals surface area contributed by atoms with Crippen LogP contribution in [0.4, 0.5) is 4.39 Å². The summed E-state index contributed by atoms with van der Waals surface area (Å²) in [5.74, 6) is 0.260. The van der Waals surface area contributed by atoms with Crippen molar-refractivity contribution < 1.29 is 9.13 Å². The Morgan fingerprint density at radius 3 is 2.70 bits per heavy atom. The van der Waals surface area contributed by atoms with E-state index < -0.39 is 6.67 Å². The van der Waals surface area contributed by atoms with E-state index in [1.165, 1.54) is 0 Å². The minimum atomic E-state index is -0.523. The first-order valence-electron chi connectivity index (χ1n) is 6.81. The summed E-state index contributed by atoms with van der Waals surface area (Å²) < 4.78 is 17.4. The number of nitrogens with one attached hydrogen (secondary N) is 2. The Morgan fingerprint density at radius 2 is 2.09 bits per heavy atom. The Kier molecular flexibility index (Phi) is 8.61. The number of amidine groups is 1. The molecule has 6 N–H and O–H groups in total. The van der Waals surface area contributed by atoms with Crippen LogP contribution in [0.15, 0.2) is 39.6 Å². The van der Waals surface area contributed by atoms with Crippen LogP contribution in [0, 0.1) is 5.41 Å². The van der Waals surface area contributed by atoms with Gasteiger partial charge in [0.1, 0.15) is 18.7 Å². The molecule has 0 aromatic heterocycles. The highest BCUT2D eigenvalue weighted by Gasteiger charge is 2.01. The highest BCUT2D eigenvalue weighted by Crippen LogP contribution is 2.06. The summed E-state index contributed by atoms with van der Waals surface area (Å²) in [4.78, 5) is 0. The van der Waals surface area contributed by atoms with Gasteiger partial charge < -0.3 is 27.0 Å². The van der Waals surface area contributed by atoms with Crippen LogP contribution in [0.3, 0.4) is 0 Å². The van der Waals surface area contributed by atoms with Gasteiger partial charge in [-0.15, -0.1) is 10.2 Å². The summed E-state index contributed by atoms with van der Waals surface area (Å²) in [6.45, 7) is 0.0780. The molecule has 0 heterocycles. The van der Waals surface area contributed by atoms with Crippen LogP contribution < -0.4 is 16.9 Å². The van der Waals surface area contributed by atoms with Crippen LogP contribution in [0.25, 0.3) is 0 Å². The van der Waals surface area contributed by atoms with Crippen molar-refractivity contribution in [2.75, 3.05) is 19.8 Å². The monoisotopic (exact) mass is 321 g/mol. The molecule has 0 atom stereocenters. The van der Waals surface area contributed by atoms with Crippen molar-refractivity contribution in [1.29, 1.82) is 5.41 Å². The van der Waals surface area contributed by atoms with Gasteiger partial charge in [0, 0.05) is 11.8 Å². The molecule has 0 bridgehead atoms. The Bertz CT molecular complexity index is 569. The smallest absolute Gasteiger partial charge is 0.153 e. The SMILES string of the molecule is N=C/C(COCc1ccc(/C(N)=N/N=C\N)cc1)=N\NCCF. The van der Waals surface area contributed by atoms with E-state index in [4.69, 9.17) is 21.6 Å². The number of ether oxygens (including phenoxy) is 1. The van der Waals surface area contributed by atoms with Crippen molar-refractivity contribution in [1.82, 2.24) is 5.43 Å². The third-order valence-corrected chi connectivity index (χ3v) is 2.60. The molecule has 0 aliphatic carbocycles. The minimum Gasteiger partial charge on any atom is -0.388 e. The van der Waals surface area contributed by atoms with Crippen LogP contribution in [-0.4, -0.2) is 43.9 Å². The number of hydrazone groups is 1. The standard InChI is InChI=1S/C14H20FN7O/c15-5-6-19-21-13(7-16)9-23-8-11-1-3-12(4-2-11)14(18)22-20-10-17/h1-4,7,10,16,19H,5-6,8-9H2,(H2,17,20)(H2,18,22)/b16-7?,21-13+. The summed E-state index contributed by atoms with van der Waals surface area (Å²) in [6.07, 6.45) is 2.11. The quantitative estimate of drug-likeness (QED) is 0.214. The lowest BCUT2D eigenvalue weighted by Gasteiger charge is -2.06. The highest BCUT2D eigenvalue weighted by molar-refractivity contribution is 6.30. The number of rotatable bonds is 10. The van der Waals surface area contributed by atoms with E-state index in [0.29, 0.717) is 12.3 Å². The molecule has 0 aliphatic rings. The fourth-order valence-electron chi connectivity index (χ4n) is 1.50. The molecule has 1 aromatic carbocycles. The zero-order chi connectivity index (χ0) is 16.9. The first kappa shape index (κ1) is 18.2. The van der Waals surface area contributed by atoms with Gasteiger partial charge in [-0.2, -0.15) is 5.10 Å². The maximum Gasteiger partial charge on any atom is 0.153 e. The normalized spacial score (nSPS) is 12.6. The minimum absolute atomic E-state index is 0.107. The molecule has 0 amide bonds. The summed E-state index contributed by atoms with van der Waals surface area (Å²) >= 11 is 0. The molecule has 1 aromatic rings. The zero-order valence-electron chi connectivity index (χ0n) is 12.6. The third-order valence-electron chi connectivity index (χ3n) is 2.60. The average molecular weight is 321 g/mol. The Balaban J connectivity index is 2.49. The summed E-state index contributed by atoms with van der Waals surface area (Å²) in [5.41, 5.74) is 15.3. The van der Waals surface area contributed by atoms with Gasteiger partial charge in [0.2, 0.25) is 0 Å². The molecule has 0 unspecified atom stereocenters. The number of alkyl halides is 1. The topological polar surface area (TPSA) is 134 Å². The first-order valence-corrected chi connectivity index (χ1v) is 6.81. The summed E-state index contributed by atoms with van der Waals surface area (Å²) in [5, 5.41) is 18.2. The third kappa shape index (κ3) is 7.14. The van der Waals surface area contributed by atoms with Crippen LogP contribution in [0.5, 0.6) is 0 Å². The first-order chi connectivity index (χ1) is 11.2. The summed E-state index contributed by atoms with van der Waals surface area (Å²) in [6, 6.07) is 7.26. The Labute approximate surface area is 133 Å². The van der Waals surface area contributed by atoms with Crippen LogP contribution >= 0.6 is 0 Å². The second-order valence-electron chi connectivity index (χ2n) is 4.28. The molecular formula is C14H20FN7O. The van der Waals surface area contributed by atoms with E-state index in [9.17, 15) is 4.39 Å². The summed E-state index contributed by atoms with van der Waals surface area (Å²) in [7, 11) is 0. The largest absolute Gasteiger partial charge is 0.388 e. The molecule has 23 heavy (non-hydrogen) atoms. The van der Waals surface area contributed by atoms with E-state index >= 15 is 0 Å². The highest BCUT2D eigenvalue weighted by atomic mass is 19.1. The molecule has 0 fully saturated rings. The van der Waals surface area contributed by atoms with E-state index in [-0.39, 0.29) is 19.0 Å². The van der Waals surface area contributed by atoms with Crippen molar-refractivity contribution in [2.24, 2.45) is 26.8 Å². The molecular weight excluding hydrogens is 301 g/mol. The van der Waals surface area contributed by atoms with Gasteiger partial charge >= 0.3 is 0 Å². The Morgan fingerprint density at radius 1 is 1.35 bits per heavy atom. The molecule has 8 nitrogen and oxygen atoms in total. The van der Waals surface area contributed by atoms with Gasteiger partial charge in [-0.05, 0) is 5.56 Å². The van der Waals surface area contributed by atoms with Gasteiger partial charge in [-0.1, -0.05) is 24.3 Å². The molecule has 0 saturated heterocycles. The number of nitrogens with two attached hydrogens (primary N) is 2. The lowest BCUT2D eigenvalue weighted by atomic mass is 10.1. The average Bonchev–Trinajstić information content (AvgIpc) is 2.59. The van der Waals surface area contributed by atoms with E-state index in [1.54, 1.807) is 12.1 Å². The molecule has 1 rings (SSSR count). The van der Waals surface area contributed by atoms with Gasteiger partial charge in [-0.3, -0.25) is 0 Å². The van der Waals surface area contributed by atoms with Crippen molar-refractivity contribution in [3.8, 4) is 0 Å². The number of nitrogens with zero attached hydrogens (tertiary/aromatic N) is 3. The maximum absolute atomic E-state index is 11.9. The lowest BCUT2D eigenvalue weighted by Crippen LogP contribution is -2.17. The van der Waals surface area contributed by atoms with Crippen molar-refractivity contribution in [3.63, 3.8) is 0 Å². The van der Waals surface area contributed by atoms with Crippen LogP contribution in [0.1, 0.15) is 11.1 Å². The number of hydrogen-bond donors (Lipinski definition) is 4. The fraction of sp³-hybridized carbons (Fsp3) is 0.286. The fourth-order valence-corrected chi connectivity index (χ4v) is 1.50. The maximum atomic E-state index is 11.9. The van der Waals surface area contributed by atoms with E-state index in [0.717, 1.165) is 23.7 Å². The molecule has 124 valence electrons. The van der Waals surface area contributed by atoms with Crippen molar-refractivity contribution in [3.05, 3.63) is 35.4 Å². The predicted molar refractivity (Wildman–Crippen MR) is 89.7 cm³/mol. The molecule has 0 radical (unpaired) electrons. The zero-order valence-corrected chi connectivity index (χ0v) is 12.6. The second-order valence-corrected chi connectivity index (χ2v) is 4.28. The van der Waals surface area contributed by atoms with Gasteiger partial charge in [0.05, 0.1) is 19.8 Å². The lowest BCUT2D eigenvalue weighted by molar-refractivity contribution is 0.159. The Hall–Kier alpha value is -2.81. The van der Waals surface area contributed by atoms with Crippen LogP contribution in [0.2, 0.25) is 0 Å². The van der Waals surface area contributed by atoms with Crippen LogP contribution in [-0.2, 0) is 11.3 Å². The van der Waals surface area contributed by atoms with E-state index in [2.05, 4.69) is 20.7 Å². The number of halogens is 1. The molecule has 0 saturated carbocycles. The number of benzene rings is 1. The molecule has 9 heteroatoms. The predicted octanol–water partition coefficient (Wildman–Crippen LogP) is 0.375.